The Bertz CT molecular complexity index is 1330. The van der Waals surface area contributed by atoms with Gasteiger partial charge in [-0.3, -0.25) is 14.4 Å². The number of likely N-dealkylation sites (tertiary alicyclic amines) is 2. The Hall–Kier alpha value is -3.50. The molecule has 3 aliphatic rings. The third-order valence-electron chi connectivity index (χ3n) is 9.41. The van der Waals surface area contributed by atoms with E-state index in [1.807, 2.05) is 0 Å². The van der Waals surface area contributed by atoms with Crippen LogP contribution >= 0.6 is 0 Å². The highest BCUT2D eigenvalue weighted by Crippen LogP contribution is 2.62. The molecule has 1 saturated carbocycles. The van der Waals surface area contributed by atoms with Crippen molar-refractivity contribution < 1.29 is 41.1 Å². The average molecular weight is 579 g/mol. The summed E-state index contributed by atoms with van der Waals surface area (Å²) in [5, 5.41) is 0. The van der Waals surface area contributed by atoms with E-state index < -0.39 is 47.1 Å². The lowest BCUT2D eigenvalue weighted by atomic mass is 9.66. The molecule has 2 atom stereocenters. The lowest BCUT2D eigenvalue weighted by Gasteiger charge is -2.44. The van der Waals surface area contributed by atoms with Gasteiger partial charge >= 0.3 is 12.1 Å². The number of benzene rings is 2. The predicted molar refractivity (Wildman–Crippen MR) is 137 cm³/mol. The smallest absolute Gasteiger partial charge is 0.416 e. The van der Waals surface area contributed by atoms with Crippen LogP contribution in [0.4, 0.5) is 22.0 Å². The summed E-state index contributed by atoms with van der Waals surface area (Å²) < 4.78 is 72.9. The van der Waals surface area contributed by atoms with E-state index in [9.17, 15) is 36.3 Å². The van der Waals surface area contributed by atoms with Crippen molar-refractivity contribution in [1.82, 2.24) is 9.80 Å². The molecule has 1 spiro atoms. The maximum absolute atomic E-state index is 14.2. The molecule has 5 rings (SSSR count). The number of ether oxygens (including phenoxy) is 1. The molecule has 3 fully saturated rings. The van der Waals surface area contributed by atoms with E-state index in [1.54, 1.807) is 4.90 Å². The number of carbonyl (C=O) groups is 3. The molecule has 2 aromatic rings. The van der Waals surface area contributed by atoms with Crippen molar-refractivity contribution in [2.75, 3.05) is 33.3 Å². The average Bonchev–Trinajstić information content (AvgIpc) is 3.47. The summed E-state index contributed by atoms with van der Waals surface area (Å²) >= 11 is 0. The van der Waals surface area contributed by atoms with Gasteiger partial charge in [0.2, 0.25) is 11.8 Å². The first kappa shape index (κ1) is 29.0. The lowest BCUT2D eigenvalue weighted by molar-refractivity contribution is -0.155. The van der Waals surface area contributed by atoms with E-state index in [1.165, 1.54) is 30.2 Å². The first-order valence-corrected chi connectivity index (χ1v) is 13.6. The Balaban J connectivity index is 1.28. The van der Waals surface area contributed by atoms with E-state index in [-0.39, 0.29) is 47.9 Å². The molecule has 2 amide bonds. The van der Waals surface area contributed by atoms with E-state index in [4.69, 9.17) is 4.74 Å². The summed E-state index contributed by atoms with van der Waals surface area (Å²) in [6, 6.07) is 8.16. The van der Waals surface area contributed by atoms with Crippen molar-refractivity contribution in [1.29, 1.82) is 0 Å². The second-order valence-corrected chi connectivity index (χ2v) is 11.5. The topological polar surface area (TPSA) is 66.9 Å². The molecule has 2 heterocycles. The van der Waals surface area contributed by atoms with Gasteiger partial charge in [-0.05, 0) is 54.9 Å². The fourth-order valence-electron chi connectivity index (χ4n) is 7.20. The fraction of sp³-hybridized carbons (Fsp3) is 0.500. The molecule has 0 radical (unpaired) electrons. The van der Waals surface area contributed by atoms with Gasteiger partial charge in [0.05, 0.1) is 30.9 Å². The SMILES string of the molecule is COC(=O)C12CCC3(CCN(C(=O)Cc4cccc(C(F)(F)F)c4)CC3)C1CN(C(=O)Cc1c(F)cccc1F)C2. The van der Waals surface area contributed by atoms with Crippen LogP contribution in [0.2, 0.25) is 0 Å². The second kappa shape index (κ2) is 10.7. The summed E-state index contributed by atoms with van der Waals surface area (Å²) in [7, 11) is 1.30. The molecule has 2 aromatic carbocycles. The number of hydrogen-bond acceptors (Lipinski definition) is 4. The molecule has 2 saturated heterocycles. The Morgan fingerprint density at radius 1 is 0.902 bits per heavy atom. The molecular weight excluding hydrogens is 547 g/mol. The molecule has 2 unspecified atom stereocenters. The highest BCUT2D eigenvalue weighted by Gasteiger charge is 2.65. The van der Waals surface area contributed by atoms with Crippen molar-refractivity contribution >= 4 is 17.8 Å². The van der Waals surface area contributed by atoms with Gasteiger partial charge in [-0.25, -0.2) is 8.78 Å². The first-order chi connectivity index (χ1) is 19.4. The molecule has 0 bridgehead atoms. The molecule has 0 aromatic heterocycles. The molecule has 1 aliphatic carbocycles. The van der Waals surface area contributed by atoms with E-state index in [0.29, 0.717) is 38.8 Å². The third kappa shape index (κ3) is 5.30. The maximum atomic E-state index is 14.2. The van der Waals surface area contributed by atoms with Gasteiger partial charge in [-0.15, -0.1) is 0 Å². The number of rotatable bonds is 5. The van der Waals surface area contributed by atoms with Gasteiger partial charge in [0.1, 0.15) is 11.6 Å². The standard InChI is InChI=1S/C30H31F5N2O4/c1-41-27(40)29-9-8-28(24(29)17-37(18-29)26(39)16-21-22(31)6-3-7-23(21)32)10-12-36(13-11-28)25(38)15-19-4-2-5-20(14-19)30(33,34)35/h2-7,14,24H,8-13,15-18H2,1H3. The number of halogens is 5. The van der Waals surface area contributed by atoms with Crippen LogP contribution in [-0.2, 0) is 38.1 Å². The molecule has 2 aliphatic heterocycles. The second-order valence-electron chi connectivity index (χ2n) is 11.5. The van der Waals surface area contributed by atoms with Gasteiger partial charge < -0.3 is 14.5 Å². The van der Waals surface area contributed by atoms with Gasteiger partial charge in [0.25, 0.3) is 0 Å². The van der Waals surface area contributed by atoms with E-state index >= 15 is 0 Å². The Labute approximate surface area is 234 Å². The zero-order valence-electron chi connectivity index (χ0n) is 22.6. The van der Waals surface area contributed by atoms with Crippen LogP contribution in [-0.4, -0.2) is 60.9 Å². The summed E-state index contributed by atoms with van der Waals surface area (Å²) in [4.78, 5) is 42.5. The van der Waals surface area contributed by atoms with Crippen LogP contribution in [0.25, 0.3) is 0 Å². The molecule has 6 nitrogen and oxygen atoms in total. The molecular formula is C30H31F5N2O4. The van der Waals surface area contributed by atoms with Crippen LogP contribution < -0.4 is 0 Å². The summed E-state index contributed by atoms with van der Waals surface area (Å²) in [5.74, 6) is -3.03. The number of piperidine rings is 1. The normalized spacial score (nSPS) is 23.5. The van der Waals surface area contributed by atoms with Crippen molar-refractivity contribution in [2.45, 2.75) is 44.7 Å². The van der Waals surface area contributed by atoms with Crippen LogP contribution in [0.15, 0.2) is 42.5 Å². The minimum absolute atomic E-state index is 0.0964. The van der Waals surface area contributed by atoms with Gasteiger partial charge in [0, 0.05) is 37.7 Å². The summed E-state index contributed by atoms with van der Waals surface area (Å²) in [5.41, 5.74) is -2.12. The van der Waals surface area contributed by atoms with Gasteiger partial charge in [-0.1, -0.05) is 24.3 Å². The Morgan fingerprint density at radius 2 is 1.54 bits per heavy atom. The molecule has 220 valence electrons. The van der Waals surface area contributed by atoms with Crippen LogP contribution in [0.5, 0.6) is 0 Å². The minimum Gasteiger partial charge on any atom is -0.469 e. The fourth-order valence-corrected chi connectivity index (χ4v) is 7.20. The predicted octanol–water partition coefficient (Wildman–Crippen LogP) is 4.79. The van der Waals surface area contributed by atoms with Crippen LogP contribution in [0, 0.1) is 28.4 Å². The number of fused-ring (bicyclic) bond motifs is 2. The van der Waals surface area contributed by atoms with Crippen molar-refractivity contribution in [2.24, 2.45) is 16.7 Å². The monoisotopic (exact) mass is 578 g/mol. The number of esters is 1. The first-order valence-electron chi connectivity index (χ1n) is 13.6. The van der Waals surface area contributed by atoms with Gasteiger partial charge in [0.15, 0.2) is 0 Å². The number of nitrogens with zero attached hydrogens (tertiary/aromatic N) is 2. The van der Waals surface area contributed by atoms with Crippen molar-refractivity contribution in [3.8, 4) is 0 Å². The molecule has 0 N–H and O–H groups in total. The number of hydrogen-bond donors (Lipinski definition) is 0. The highest BCUT2D eigenvalue weighted by molar-refractivity contribution is 5.84. The summed E-state index contributed by atoms with van der Waals surface area (Å²) in [6.07, 6.45) is -2.80. The number of methoxy groups -OCH3 is 1. The zero-order valence-corrected chi connectivity index (χ0v) is 22.6. The zero-order chi connectivity index (χ0) is 29.6. The third-order valence-corrected chi connectivity index (χ3v) is 9.41. The van der Waals surface area contributed by atoms with Crippen LogP contribution in [0.1, 0.15) is 42.4 Å². The number of carbonyl (C=O) groups excluding carboxylic acids is 3. The molecule has 41 heavy (non-hydrogen) atoms. The number of amides is 2. The van der Waals surface area contributed by atoms with Crippen molar-refractivity contribution in [3.05, 3.63) is 70.8 Å². The van der Waals surface area contributed by atoms with Gasteiger partial charge in [-0.2, -0.15) is 13.2 Å². The lowest BCUT2D eigenvalue weighted by Crippen LogP contribution is -2.48. The van der Waals surface area contributed by atoms with Crippen molar-refractivity contribution in [3.63, 3.8) is 0 Å². The summed E-state index contributed by atoms with van der Waals surface area (Å²) in [6.45, 7) is 1.08. The highest BCUT2D eigenvalue weighted by atomic mass is 19.4. The Kier molecular flexibility index (Phi) is 7.59. The Morgan fingerprint density at radius 3 is 2.17 bits per heavy atom. The minimum atomic E-state index is -4.49. The van der Waals surface area contributed by atoms with E-state index in [2.05, 4.69) is 0 Å². The largest absolute Gasteiger partial charge is 0.469 e. The maximum Gasteiger partial charge on any atom is 0.416 e. The number of alkyl halides is 3. The van der Waals surface area contributed by atoms with E-state index in [0.717, 1.165) is 24.3 Å². The molecule has 11 heteroatoms. The van der Waals surface area contributed by atoms with Crippen LogP contribution in [0.3, 0.4) is 0 Å². The quantitative estimate of drug-likeness (QED) is 0.378.